The predicted octanol–water partition coefficient (Wildman–Crippen LogP) is 4.11. The summed E-state index contributed by atoms with van der Waals surface area (Å²) in [5, 5.41) is 4.34. The van der Waals surface area contributed by atoms with Crippen LogP contribution in [0, 0.1) is 0 Å². The molecular formula is C21H20N2O3S. The number of amides is 1. The van der Waals surface area contributed by atoms with Gasteiger partial charge in [0.2, 0.25) is 5.91 Å². The summed E-state index contributed by atoms with van der Waals surface area (Å²) in [5.41, 5.74) is 2.33. The molecular weight excluding hydrogens is 360 g/mol. The van der Waals surface area contributed by atoms with Gasteiger partial charge in [0.25, 0.3) is 10.0 Å². The van der Waals surface area contributed by atoms with E-state index in [2.05, 4.69) is 19.2 Å². The molecule has 1 N–H and O–H groups in total. The van der Waals surface area contributed by atoms with E-state index >= 15 is 0 Å². The van der Waals surface area contributed by atoms with E-state index in [4.69, 9.17) is 0 Å². The highest BCUT2D eigenvalue weighted by Gasteiger charge is 2.36. The molecule has 3 aromatic carbocycles. The number of carbonyl (C=O) groups excluding carboxylic acids is 1. The van der Waals surface area contributed by atoms with Crippen molar-refractivity contribution in [3.05, 3.63) is 66.2 Å². The van der Waals surface area contributed by atoms with Crippen LogP contribution in [0.4, 0.5) is 11.4 Å². The lowest BCUT2D eigenvalue weighted by atomic mass is 10.0. The number of carbonyl (C=O) groups is 1. The van der Waals surface area contributed by atoms with Gasteiger partial charge in [0.1, 0.15) is 6.54 Å². The number of hydrogen-bond donors (Lipinski definition) is 1. The van der Waals surface area contributed by atoms with Gasteiger partial charge in [-0.25, -0.2) is 8.42 Å². The number of nitrogens with one attached hydrogen (secondary N) is 1. The van der Waals surface area contributed by atoms with E-state index in [-0.39, 0.29) is 17.3 Å². The van der Waals surface area contributed by atoms with Gasteiger partial charge < -0.3 is 5.32 Å². The van der Waals surface area contributed by atoms with Gasteiger partial charge in [-0.15, -0.1) is 0 Å². The van der Waals surface area contributed by atoms with E-state index in [1.165, 1.54) is 4.31 Å². The molecule has 0 aliphatic carbocycles. The second kappa shape index (κ2) is 6.39. The largest absolute Gasteiger partial charge is 0.325 e. The molecule has 0 spiro atoms. The van der Waals surface area contributed by atoms with Crippen LogP contribution >= 0.6 is 0 Å². The average molecular weight is 380 g/mol. The molecule has 0 radical (unpaired) electrons. The molecule has 0 aromatic heterocycles. The third-order valence-corrected chi connectivity index (χ3v) is 6.61. The maximum absolute atomic E-state index is 12.9. The van der Waals surface area contributed by atoms with Crippen LogP contribution in [0.3, 0.4) is 0 Å². The van der Waals surface area contributed by atoms with Crippen molar-refractivity contribution < 1.29 is 13.2 Å². The molecule has 0 bridgehead atoms. The maximum Gasteiger partial charge on any atom is 0.265 e. The van der Waals surface area contributed by atoms with Gasteiger partial charge in [-0.1, -0.05) is 50.2 Å². The second-order valence-corrected chi connectivity index (χ2v) is 8.80. The zero-order chi connectivity index (χ0) is 19.2. The van der Waals surface area contributed by atoms with Crippen molar-refractivity contribution in [2.75, 3.05) is 16.2 Å². The minimum absolute atomic E-state index is 0.255. The molecule has 6 heteroatoms. The van der Waals surface area contributed by atoms with Crippen LogP contribution < -0.4 is 9.62 Å². The van der Waals surface area contributed by atoms with E-state index in [1.54, 1.807) is 30.3 Å². The molecule has 1 aliphatic rings. The van der Waals surface area contributed by atoms with Gasteiger partial charge in [-0.05, 0) is 41.1 Å². The summed E-state index contributed by atoms with van der Waals surface area (Å²) in [5.74, 6) is -0.0304. The van der Waals surface area contributed by atoms with Crippen LogP contribution in [0.1, 0.15) is 25.3 Å². The number of nitrogens with zero attached hydrogens (tertiary/aromatic N) is 1. The third kappa shape index (κ3) is 2.96. The fourth-order valence-electron chi connectivity index (χ4n) is 3.43. The fraction of sp³-hybridized carbons (Fsp3) is 0.190. The van der Waals surface area contributed by atoms with Crippen molar-refractivity contribution in [3.8, 4) is 0 Å². The summed E-state index contributed by atoms with van der Waals surface area (Å²) in [6, 6.07) is 18.2. The average Bonchev–Trinajstić information content (AvgIpc) is 2.85. The van der Waals surface area contributed by atoms with Crippen LogP contribution in [-0.4, -0.2) is 20.9 Å². The van der Waals surface area contributed by atoms with Crippen molar-refractivity contribution in [3.63, 3.8) is 0 Å². The monoisotopic (exact) mass is 380 g/mol. The highest BCUT2D eigenvalue weighted by molar-refractivity contribution is 7.93. The Kier molecular flexibility index (Phi) is 4.15. The SMILES string of the molecule is CC(C)c1cccc(NC(=O)CN2c3cccc4cccc(c34)S2(=O)=O)c1. The number of rotatable bonds is 4. The summed E-state index contributed by atoms with van der Waals surface area (Å²) in [6.07, 6.45) is 0. The first kappa shape index (κ1) is 17.5. The van der Waals surface area contributed by atoms with E-state index in [0.717, 1.165) is 10.9 Å². The molecule has 0 fully saturated rings. The number of anilines is 2. The lowest BCUT2D eigenvalue weighted by Crippen LogP contribution is -2.35. The molecule has 3 aromatic rings. The lowest BCUT2D eigenvalue weighted by Gasteiger charge is -2.18. The summed E-state index contributed by atoms with van der Waals surface area (Å²) < 4.78 is 27.1. The Morgan fingerprint density at radius 1 is 1.04 bits per heavy atom. The van der Waals surface area contributed by atoms with E-state index in [1.807, 2.05) is 30.3 Å². The van der Waals surface area contributed by atoms with Crippen LogP contribution in [-0.2, 0) is 14.8 Å². The normalized spacial score (nSPS) is 14.7. The Morgan fingerprint density at radius 2 is 1.74 bits per heavy atom. The van der Waals surface area contributed by atoms with Gasteiger partial charge >= 0.3 is 0 Å². The number of hydrogen-bond acceptors (Lipinski definition) is 3. The molecule has 0 saturated carbocycles. The third-order valence-electron chi connectivity index (χ3n) is 4.81. The Balaban J connectivity index is 1.63. The molecule has 0 atom stereocenters. The smallest absolute Gasteiger partial charge is 0.265 e. The second-order valence-electron chi connectivity index (χ2n) is 6.97. The van der Waals surface area contributed by atoms with Crippen molar-refractivity contribution in [1.29, 1.82) is 0 Å². The zero-order valence-electron chi connectivity index (χ0n) is 15.1. The summed E-state index contributed by atoms with van der Waals surface area (Å²) >= 11 is 0. The van der Waals surface area contributed by atoms with Crippen molar-refractivity contribution in [2.24, 2.45) is 0 Å². The Hall–Kier alpha value is -2.86. The van der Waals surface area contributed by atoms with Gasteiger partial charge in [0.05, 0.1) is 10.6 Å². The highest BCUT2D eigenvalue weighted by Crippen LogP contribution is 2.41. The summed E-state index contributed by atoms with van der Waals surface area (Å²) in [6.45, 7) is 3.90. The molecule has 4 rings (SSSR count). The minimum Gasteiger partial charge on any atom is -0.325 e. The van der Waals surface area contributed by atoms with Crippen molar-refractivity contribution in [2.45, 2.75) is 24.7 Å². The quantitative estimate of drug-likeness (QED) is 0.741. The van der Waals surface area contributed by atoms with E-state index in [9.17, 15) is 13.2 Å². The molecule has 5 nitrogen and oxygen atoms in total. The summed E-state index contributed by atoms with van der Waals surface area (Å²) in [4.78, 5) is 12.8. The molecule has 138 valence electrons. The Morgan fingerprint density at radius 3 is 2.48 bits per heavy atom. The van der Waals surface area contributed by atoms with Crippen LogP contribution in [0.5, 0.6) is 0 Å². The van der Waals surface area contributed by atoms with Gasteiger partial charge in [0, 0.05) is 11.1 Å². The van der Waals surface area contributed by atoms with Crippen molar-refractivity contribution >= 4 is 38.1 Å². The predicted molar refractivity (Wildman–Crippen MR) is 108 cm³/mol. The topological polar surface area (TPSA) is 66.5 Å². The van der Waals surface area contributed by atoms with Crippen LogP contribution in [0.25, 0.3) is 10.8 Å². The van der Waals surface area contributed by atoms with Crippen LogP contribution in [0.2, 0.25) is 0 Å². The van der Waals surface area contributed by atoms with Gasteiger partial charge in [-0.2, -0.15) is 0 Å². The standard InChI is InChI=1S/C21H20N2O3S/c1-14(2)16-8-3-9-17(12-16)22-20(24)13-23-18-10-4-6-15-7-5-11-19(21(15)18)27(23,25)26/h3-12,14H,13H2,1-2H3,(H,22,24). The highest BCUT2D eigenvalue weighted by atomic mass is 32.2. The zero-order valence-corrected chi connectivity index (χ0v) is 16.0. The molecule has 0 unspecified atom stereocenters. The van der Waals surface area contributed by atoms with Gasteiger partial charge in [0.15, 0.2) is 0 Å². The van der Waals surface area contributed by atoms with Gasteiger partial charge in [-0.3, -0.25) is 9.10 Å². The van der Waals surface area contributed by atoms with Crippen LogP contribution in [0.15, 0.2) is 65.6 Å². The van der Waals surface area contributed by atoms with E-state index in [0.29, 0.717) is 22.7 Å². The first-order valence-corrected chi connectivity index (χ1v) is 10.3. The van der Waals surface area contributed by atoms with E-state index < -0.39 is 10.0 Å². The molecule has 1 amide bonds. The first-order valence-electron chi connectivity index (χ1n) is 8.82. The molecule has 1 aliphatic heterocycles. The summed E-state index contributed by atoms with van der Waals surface area (Å²) in [7, 11) is -3.73. The molecule has 27 heavy (non-hydrogen) atoms. The fourth-order valence-corrected chi connectivity index (χ4v) is 5.10. The first-order chi connectivity index (χ1) is 12.9. The Labute approximate surface area is 158 Å². The lowest BCUT2D eigenvalue weighted by molar-refractivity contribution is -0.114. The molecule has 0 saturated heterocycles. The van der Waals surface area contributed by atoms with Crippen molar-refractivity contribution in [1.82, 2.24) is 0 Å². The number of benzene rings is 3. The Bertz CT molecular complexity index is 1150. The number of sulfonamides is 1. The minimum atomic E-state index is -3.73. The molecule has 1 heterocycles. The maximum atomic E-state index is 12.9.